The van der Waals surface area contributed by atoms with Gasteiger partial charge in [0.25, 0.3) is 5.91 Å². The third kappa shape index (κ3) is 3.49. The van der Waals surface area contributed by atoms with Crippen molar-refractivity contribution in [3.8, 4) is 5.75 Å². The number of aromatic hydroxyl groups is 1. The maximum atomic E-state index is 12.3. The largest absolute Gasteiger partial charge is 0.507 e. The number of carboxylic acid groups (broad SMARTS) is 1. The molecule has 0 unspecified atom stereocenters. The second kappa shape index (κ2) is 6.23. The zero-order valence-electron chi connectivity index (χ0n) is 10.8. The Morgan fingerprint density at radius 1 is 1.20 bits per heavy atom. The van der Waals surface area contributed by atoms with E-state index in [-0.39, 0.29) is 18.2 Å². The van der Waals surface area contributed by atoms with Gasteiger partial charge in [0.15, 0.2) is 0 Å². The molecule has 0 spiro atoms. The molecule has 1 aliphatic heterocycles. The number of carbonyl (C=O) groups excluding carboxylic acids is 1. The Balaban J connectivity index is 1.97. The first-order valence-electron chi connectivity index (χ1n) is 6.19. The lowest BCUT2D eigenvalue weighted by molar-refractivity contribution is -0.138. The first-order chi connectivity index (χ1) is 9.47. The lowest BCUT2D eigenvalue weighted by atomic mass is 10.1. The monoisotopic (exact) mass is 342 g/mol. The summed E-state index contributed by atoms with van der Waals surface area (Å²) >= 11 is 3.17. The minimum atomic E-state index is -0.859. The molecule has 1 saturated heterocycles. The third-order valence-corrected chi connectivity index (χ3v) is 3.88. The summed E-state index contributed by atoms with van der Waals surface area (Å²) < 4.78 is 0.542. The highest BCUT2D eigenvalue weighted by atomic mass is 79.9. The molecule has 1 heterocycles. The van der Waals surface area contributed by atoms with Gasteiger partial charge in [-0.2, -0.15) is 0 Å². The van der Waals surface area contributed by atoms with E-state index in [9.17, 15) is 14.7 Å². The molecule has 0 atom stereocenters. The summed E-state index contributed by atoms with van der Waals surface area (Å²) in [4.78, 5) is 26.3. The number of phenols is 1. The van der Waals surface area contributed by atoms with Crippen molar-refractivity contribution in [3.63, 3.8) is 0 Å². The van der Waals surface area contributed by atoms with Crippen LogP contribution in [0.5, 0.6) is 5.75 Å². The summed E-state index contributed by atoms with van der Waals surface area (Å²) in [6, 6.07) is 4.70. The molecule has 0 aliphatic carbocycles. The molecule has 1 aromatic rings. The van der Waals surface area contributed by atoms with E-state index < -0.39 is 5.97 Å². The summed E-state index contributed by atoms with van der Waals surface area (Å²) in [5.74, 6) is -0.981. The molecule has 20 heavy (non-hydrogen) atoms. The predicted octanol–water partition coefficient (Wildman–Crippen LogP) is 0.997. The molecular weight excluding hydrogens is 328 g/mol. The maximum absolute atomic E-state index is 12.3. The van der Waals surface area contributed by atoms with Crippen LogP contribution < -0.4 is 0 Å². The molecule has 0 radical (unpaired) electrons. The van der Waals surface area contributed by atoms with E-state index in [2.05, 4.69) is 15.9 Å². The van der Waals surface area contributed by atoms with Crippen molar-refractivity contribution in [2.75, 3.05) is 32.7 Å². The molecular formula is C13H15BrN2O4. The number of aliphatic carboxylic acids is 1. The van der Waals surface area contributed by atoms with E-state index in [1.807, 2.05) is 0 Å². The topological polar surface area (TPSA) is 81.1 Å². The van der Waals surface area contributed by atoms with Crippen LogP contribution in [-0.4, -0.2) is 64.6 Å². The van der Waals surface area contributed by atoms with Crippen LogP contribution in [-0.2, 0) is 4.79 Å². The number of hydrogen-bond donors (Lipinski definition) is 2. The van der Waals surface area contributed by atoms with Gasteiger partial charge < -0.3 is 15.1 Å². The van der Waals surface area contributed by atoms with Gasteiger partial charge in [-0.25, -0.2) is 0 Å². The molecule has 1 amide bonds. The van der Waals surface area contributed by atoms with E-state index in [0.29, 0.717) is 36.2 Å². The third-order valence-electron chi connectivity index (χ3n) is 3.21. The normalized spacial score (nSPS) is 16.1. The van der Waals surface area contributed by atoms with Crippen molar-refractivity contribution in [2.24, 2.45) is 0 Å². The average Bonchev–Trinajstić information content (AvgIpc) is 2.41. The molecule has 6 nitrogen and oxygen atoms in total. The molecule has 1 aromatic carbocycles. The van der Waals surface area contributed by atoms with Crippen molar-refractivity contribution < 1.29 is 19.8 Å². The number of halogens is 1. The number of hydrogen-bond acceptors (Lipinski definition) is 4. The first-order valence-corrected chi connectivity index (χ1v) is 6.98. The molecule has 7 heteroatoms. The van der Waals surface area contributed by atoms with Gasteiger partial charge in [0.05, 0.1) is 11.0 Å². The fourth-order valence-electron chi connectivity index (χ4n) is 2.13. The Morgan fingerprint density at radius 2 is 1.85 bits per heavy atom. The van der Waals surface area contributed by atoms with Crippen LogP contribution in [0, 0.1) is 0 Å². The summed E-state index contributed by atoms with van der Waals surface area (Å²) in [5.41, 5.74) is 0.428. The number of nitrogens with zero attached hydrogens (tertiary/aromatic N) is 2. The van der Waals surface area contributed by atoms with Crippen molar-refractivity contribution in [1.29, 1.82) is 0 Å². The summed E-state index contributed by atoms with van der Waals surface area (Å²) in [7, 11) is 0. The zero-order chi connectivity index (χ0) is 14.7. The van der Waals surface area contributed by atoms with Crippen molar-refractivity contribution >= 4 is 27.8 Å². The van der Waals surface area contributed by atoms with Gasteiger partial charge in [-0.15, -0.1) is 0 Å². The van der Waals surface area contributed by atoms with E-state index in [1.54, 1.807) is 21.9 Å². The van der Waals surface area contributed by atoms with Crippen LogP contribution in [0.25, 0.3) is 0 Å². The molecule has 1 aliphatic rings. The fraction of sp³-hybridized carbons (Fsp3) is 0.385. The van der Waals surface area contributed by atoms with E-state index in [0.717, 1.165) is 0 Å². The lowest BCUT2D eigenvalue weighted by Gasteiger charge is -2.33. The molecule has 1 fully saturated rings. The zero-order valence-corrected chi connectivity index (χ0v) is 12.3. The highest BCUT2D eigenvalue weighted by Crippen LogP contribution is 2.25. The van der Waals surface area contributed by atoms with Crippen LogP contribution in [0.4, 0.5) is 0 Å². The Kier molecular flexibility index (Phi) is 4.61. The van der Waals surface area contributed by atoms with Gasteiger partial charge in [0.1, 0.15) is 5.75 Å². The Morgan fingerprint density at radius 3 is 2.40 bits per heavy atom. The lowest BCUT2D eigenvalue weighted by Crippen LogP contribution is -2.49. The Hall–Kier alpha value is -1.60. The molecule has 0 aromatic heterocycles. The number of carboxylic acids is 1. The number of carbonyl (C=O) groups is 2. The number of rotatable bonds is 3. The van der Waals surface area contributed by atoms with Gasteiger partial charge in [-0.3, -0.25) is 14.5 Å². The van der Waals surface area contributed by atoms with Gasteiger partial charge in [0, 0.05) is 31.7 Å². The minimum absolute atomic E-state index is 0.00109. The van der Waals surface area contributed by atoms with Crippen LogP contribution in [0.1, 0.15) is 10.4 Å². The van der Waals surface area contributed by atoms with E-state index in [1.165, 1.54) is 6.07 Å². The summed E-state index contributed by atoms with van der Waals surface area (Å²) in [5, 5.41) is 18.3. The standard InChI is InChI=1S/C13H15BrN2O4/c14-10-2-1-9(7-11(10)17)13(20)16-5-3-15(4-6-16)8-12(18)19/h1-2,7,17H,3-6,8H2,(H,18,19). The maximum Gasteiger partial charge on any atom is 0.317 e. The smallest absolute Gasteiger partial charge is 0.317 e. The first kappa shape index (κ1) is 14.8. The van der Waals surface area contributed by atoms with Gasteiger partial charge in [-0.05, 0) is 34.1 Å². The van der Waals surface area contributed by atoms with Crippen LogP contribution in [0.15, 0.2) is 22.7 Å². The van der Waals surface area contributed by atoms with Crippen LogP contribution in [0.3, 0.4) is 0 Å². The SMILES string of the molecule is O=C(O)CN1CCN(C(=O)c2ccc(Br)c(O)c2)CC1. The number of amides is 1. The van der Waals surface area contributed by atoms with Crippen molar-refractivity contribution in [1.82, 2.24) is 9.80 Å². The number of piperazine rings is 1. The molecule has 108 valence electrons. The fourth-order valence-corrected chi connectivity index (χ4v) is 2.38. The molecule has 2 rings (SSSR count). The Labute approximate surface area is 124 Å². The van der Waals surface area contributed by atoms with Crippen molar-refractivity contribution in [3.05, 3.63) is 28.2 Å². The minimum Gasteiger partial charge on any atom is -0.507 e. The second-order valence-corrected chi connectivity index (χ2v) is 5.48. The van der Waals surface area contributed by atoms with Gasteiger partial charge >= 0.3 is 5.97 Å². The van der Waals surface area contributed by atoms with Crippen molar-refractivity contribution in [2.45, 2.75) is 0 Å². The average molecular weight is 343 g/mol. The highest BCUT2D eigenvalue weighted by molar-refractivity contribution is 9.10. The predicted molar refractivity (Wildman–Crippen MR) is 75.8 cm³/mol. The van der Waals surface area contributed by atoms with Gasteiger partial charge in [-0.1, -0.05) is 0 Å². The number of benzene rings is 1. The number of phenolic OH excluding ortho intramolecular Hbond substituents is 1. The summed E-state index contributed by atoms with van der Waals surface area (Å²) in [6.07, 6.45) is 0. The van der Waals surface area contributed by atoms with Crippen LogP contribution in [0.2, 0.25) is 0 Å². The molecule has 0 saturated carbocycles. The quantitative estimate of drug-likeness (QED) is 0.856. The molecule has 0 bridgehead atoms. The van der Waals surface area contributed by atoms with E-state index >= 15 is 0 Å². The summed E-state index contributed by atoms with van der Waals surface area (Å²) in [6.45, 7) is 2.06. The van der Waals surface area contributed by atoms with Crippen LogP contribution >= 0.6 is 15.9 Å². The van der Waals surface area contributed by atoms with Gasteiger partial charge in [0.2, 0.25) is 0 Å². The highest BCUT2D eigenvalue weighted by Gasteiger charge is 2.23. The Bertz CT molecular complexity index is 527. The second-order valence-electron chi connectivity index (χ2n) is 4.63. The molecule has 2 N–H and O–H groups in total. The van der Waals surface area contributed by atoms with E-state index in [4.69, 9.17) is 5.11 Å².